The Hall–Kier alpha value is -2.44. The van der Waals surface area contributed by atoms with E-state index in [0.29, 0.717) is 5.56 Å². The van der Waals surface area contributed by atoms with Crippen molar-refractivity contribution in [2.75, 3.05) is 0 Å². The molecule has 3 aromatic rings. The number of carbonyl (C=O) groups excluding carboxylic acids is 1. The van der Waals surface area contributed by atoms with Gasteiger partial charge in [-0.25, -0.2) is 8.78 Å². The molecule has 1 spiro atoms. The number of aromatic nitrogens is 3. The number of alkyl halides is 2. The van der Waals surface area contributed by atoms with Gasteiger partial charge in [0.2, 0.25) is 11.8 Å². The second-order valence-corrected chi connectivity index (χ2v) is 7.78. The monoisotopic (exact) mass is 344 g/mol. The van der Waals surface area contributed by atoms with Crippen LogP contribution in [0.1, 0.15) is 42.1 Å². The third-order valence-electron chi connectivity index (χ3n) is 5.84. The summed E-state index contributed by atoms with van der Waals surface area (Å²) in [5.41, 5.74) is 7.49. The number of fused-ring (bicyclic) bond motifs is 3. The zero-order valence-corrected chi connectivity index (χ0v) is 13.8. The maximum absolute atomic E-state index is 13.3. The van der Waals surface area contributed by atoms with Gasteiger partial charge in [0.15, 0.2) is 5.65 Å². The maximum Gasteiger partial charge on any atom is 0.249 e. The van der Waals surface area contributed by atoms with E-state index in [1.807, 2.05) is 19.3 Å². The van der Waals surface area contributed by atoms with Crippen LogP contribution in [0.15, 0.2) is 24.4 Å². The lowest BCUT2D eigenvalue weighted by Crippen LogP contribution is -2.53. The SMILES string of the molecule is Cn1cc2c3cc(C(N)=O)ccc3n(C3CC4(C3)CC(F)(F)C4)c2n1. The van der Waals surface area contributed by atoms with Crippen LogP contribution in [-0.4, -0.2) is 26.2 Å². The van der Waals surface area contributed by atoms with Crippen molar-refractivity contribution in [3.05, 3.63) is 30.0 Å². The van der Waals surface area contributed by atoms with Crippen molar-refractivity contribution in [1.82, 2.24) is 14.3 Å². The Morgan fingerprint density at radius 3 is 2.64 bits per heavy atom. The van der Waals surface area contributed by atoms with Gasteiger partial charge in [0.1, 0.15) is 0 Å². The molecule has 2 aliphatic carbocycles. The molecule has 0 unspecified atom stereocenters. The van der Waals surface area contributed by atoms with Crippen molar-refractivity contribution in [3.8, 4) is 0 Å². The minimum Gasteiger partial charge on any atom is -0.366 e. The van der Waals surface area contributed by atoms with Crippen molar-refractivity contribution in [2.24, 2.45) is 18.2 Å². The van der Waals surface area contributed by atoms with Gasteiger partial charge in [0, 0.05) is 48.5 Å². The zero-order valence-electron chi connectivity index (χ0n) is 13.8. The number of hydrogen-bond acceptors (Lipinski definition) is 2. The molecular weight excluding hydrogens is 326 g/mol. The number of carbonyl (C=O) groups is 1. The highest BCUT2D eigenvalue weighted by Gasteiger charge is 2.62. The number of hydrogen-bond donors (Lipinski definition) is 1. The van der Waals surface area contributed by atoms with Crippen LogP contribution in [0.4, 0.5) is 8.78 Å². The van der Waals surface area contributed by atoms with Crippen LogP contribution in [0.5, 0.6) is 0 Å². The lowest BCUT2D eigenvalue weighted by Gasteiger charge is -2.57. The summed E-state index contributed by atoms with van der Waals surface area (Å²) in [6.07, 6.45) is 3.45. The van der Waals surface area contributed by atoms with Crippen molar-refractivity contribution in [1.29, 1.82) is 0 Å². The Labute approximate surface area is 142 Å². The third-order valence-corrected chi connectivity index (χ3v) is 5.84. The van der Waals surface area contributed by atoms with Crippen LogP contribution < -0.4 is 5.73 Å². The van der Waals surface area contributed by atoms with E-state index in [1.165, 1.54) is 0 Å². The predicted molar refractivity (Wildman–Crippen MR) is 89.6 cm³/mol. The number of nitrogens with zero attached hydrogens (tertiary/aromatic N) is 3. The van der Waals surface area contributed by atoms with Gasteiger partial charge >= 0.3 is 0 Å². The summed E-state index contributed by atoms with van der Waals surface area (Å²) in [5.74, 6) is -2.95. The first-order chi connectivity index (χ1) is 11.8. The van der Waals surface area contributed by atoms with Crippen LogP contribution >= 0.6 is 0 Å². The van der Waals surface area contributed by atoms with E-state index in [-0.39, 0.29) is 24.3 Å². The fourth-order valence-electron chi connectivity index (χ4n) is 4.90. The van der Waals surface area contributed by atoms with E-state index in [4.69, 9.17) is 5.73 Å². The minimum atomic E-state index is -2.49. The first-order valence-electron chi connectivity index (χ1n) is 8.42. The lowest BCUT2D eigenvalue weighted by atomic mass is 9.52. The van der Waals surface area contributed by atoms with Gasteiger partial charge in [-0.15, -0.1) is 0 Å². The highest BCUT2D eigenvalue weighted by Crippen LogP contribution is 2.66. The molecule has 2 aliphatic rings. The van der Waals surface area contributed by atoms with Crippen molar-refractivity contribution in [2.45, 2.75) is 37.6 Å². The van der Waals surface area contributed by atoms with E-state index in [2.05, 4.69) is 9.67 Å². The maximum atomic E-state index is 13.3. The normalized spacial score (nSPS) is 21.6. The molecule has 2 N–H and O–H groups in total. The third kappa shape index (κ3) is 1.98. The predicted octanol–water partition coefficient (Wildman–Crippen LogP) is 3.38. The van der Waals surface area contributed by atoms with E-state index in [0.717, 1.165) is 34.8 Å². The number of benzene rings is 1. The molecule has 130 valence electrons. The number of amides is 1. The van der Waals surface area contributed by atoms with Crippen molar-refractivity contribution < 1.29 is 13.6 Å². The second kappa shape index (κ2) is 4.39. The topological polar surface area (TPSA) is 65.8 Å². The molecule has 2 aromatic heterocycles. The Bertz CT molecular complexity index is 1030. The molecule has 0 bridgehead atoms. The fourth-order valence-corrected chi connectivity index (χ4v) is 4.90. The van der Waals surface area contributed by atoms with Crippen molar-refractivity contribution >= 4 is 27.8 Å². The first-order valence-corrected chi connectivity index (χ1v) is 8.42. The van der Waals surface area contributed by atoms with Gasteiger partial charge in [-0.3, -0.25) is 9.48 Å². The largest absolute Gasteiger partial charge is 0.366 e. The summed E-state index contributed by atoms with van der Waals surface area (Å²) >= 11 is 0. The van der Waals surface area contributed by atoms with Crippen LogP contribution in [0.2, 0.25) is 0 Å². The molecule has 7 heteroatoms. The Kier molecular flexibility index (Phi) is 2.61. The average Bonchev–Trinajstić information content (AvgIpc) is 2.96. The van der Waals surface area contributed by atoms with Gasteiger partial charge in [-0.1, -0.05) is 0 Å². The summed E-state index contributed by atoms with van der Waals surface area (Å²) in [6, 6.07) is 5.57. The molecular formula is C18H18F2N4O. The molecule has 1 amide bonds. The Morgan fingerprint density at radius 1 is 1.28 bits per heavy atom. The van der Waals surface area contributed by atoms with Crippen LogP contribution in [0.25, 0.3) is 21.9 Å². The summed E-state index contributed by atoms with van der Waals surface area (Å²) in [7, 11) is 1.85. The van der Waals surface area contributed by atoms with E-state index in [9.17, 15) is 13.6 Å². The molecule has 2 fully saturated rings. The number of aryl methyl sites for hydroxylation is 1. The molecule has 0 saturated heterocycles. The Balaban J connectivity index is 1.61. The minimum absolute atomic E-state index is 0.00683. The number of nitrogens with two attached hydrogens (primary N) is 1. The smallest absolute Gasteiger partial charge is 0.249 e. The lowest BCUT2D eigenvalue weighted by molar-refractivity contribution is -0.202. The first kappa shape index (κ1) is 14.9. The number of primary amides is 1. The molecule has 2 heterocycles. The Morgan fingerprint density at radius 2 is 2.00 bits per heavy atom. The molecule has 5 rings (SSSR count). The van der Waals surface area contributed by atoms with Crippen molar-refractivity contribution in [3.63, 3.8) is 0 Å². The van der Waals surface area contributed by atoms with E-state index in [1.54, 1.807) is 16.8 Å². The molecule has 1 aromatic carbocycles. The summed E-state index contributed by atoms with van der Waals surface area (Å²) in [5, 5.41) is 6.45. The molecule has 5 nitrogen and oxygen atoms in total. The molecule has 25 heavy (non-hydrogen) atoms. The van der Waals surface area contributed by atoms with Gasteiger partial charge in [0.05, 0.1) is 5.52 Å². The highest BCUT2D eigenvalue weighted by atomic mass is 19.3. The highest BCUT2D eigenvalue weighted by molar-refractivity contribution is 6.09. The summed E-state index contributed by atoms with van der Waals surface area (Å²) in [4.78, 5) is 11.5. The summed E-state index contributed by atoms with van der Waals surface area (Å²) in [6.45, 7) is 0. The van der Waals surface area contributed by atoms with E-state index >= 15 is 0 Å². The zero-order chi connectivity index (χ0) is 17.6. The van der Waals surface area contributed by atoms with E-state index < -0.39 is 11.8 Å². The molecule has 0 radical (unpaired) electrons. The molecule has 2 saturated carbocycles. The fraction of sp³-hybridized carbons (Fsp3) is 0.444. The second-order valence-electron chi connectivity index (χ2n) is 7.78. The van der Waals surface area contributed by atoms with Crippen LogP contribution in [-0.2, 0) is 7.05 Å². The van der Waals surface area contributed by atoms with Gasteiger partial charge < -0.3 is 10.3 Å². The average molecular weight is 344 g/mol. The summed E-state index contributed by atoms with van der Waals surface area (Å²) < 4.78 is 30.5. The van der Waals surface area contributed by atoms with Gasteiger partial charge in [0.25, 0.3) is 0 Å². The van der Waals surface area contributed by atoms with Crippen LogP contribution in [0, 0.1) is 5.41 Å². The molecule has 0 atom stereocenters. The quantitative estimate of drug-likeness (QED) is 0.774. The van der Waals surface area contributed by atoms with Gasteiger partial charge in [-0.05, 0) is 36.5 Å². The number of rotatable bonds is 2. The van der Waals surface area contributed by atoms with Crippen LogP contribution in [0.3, 0.4) is 0 Å². The molecule has 0 aliphatic heterocycles. The standard InChI is InChI=1S/C18H18F2N4O/c1-23-7-13-12-4-10(15(21)25)2-3-14(12)24(16(13)22-23)11-5-17(6-11)8-18(19,20)9-17/h2-4,7,11H,5-6,8-9H2,1H3,(H2,21,25). The van der Waals surface area contributed by atoms with Gasteiger partial charge in [-0.2, -0.15) is 5.10 Å². The number of halogens is 2.